The Morgan fingerprint density at radius 3 is 3.16 bits per heavy atom. The van der Waals surface area contributed by atoms with Gasteiger partial charge in [0.05, 0.1) is 25.0 Å². The molecule has 1 aromatic rings. The Balaban J connectivity index is 1.91. The number of anilines is 1. The maximum Gasteiger partial charge on any atom is 0.156 e. The molecule has 3 N–H and O–H groups in total. The summed E-state index contributed by atoms with van der Waals surface area (Å²) >= 11 is 6.18. The highest BCUT2D eigenvalue weighted by molar-refractivity contribution is 6.21. The minimum absolute atomic E-state index is 0.271. The molecule has 0 aromatic carbocycles. The molecule has 4 atom stereocenters. The molecule has 2 aliphatic heterocycles. The van der Waals surface area contributed by atoms with Crippen molar-refractivity contribution in [1.29, 1.82) is 0 Å². The molecule has 19 heavy (non-hydrogen) atoms. The van der Waals surface area contributed by atoms with E-state index in [4.69, 9.17) is 21.4 Å². The van der Waals surface area contributed by atoms with Crippen molar-refractivity contribution in [3.05, 3.63) is 12.0 Å². The van der Waals surface area contributed by atoms with Crippen molar-refractivity contribution >= 4 is 23.8 Å². The zero-order valence-electron chi connectivity index (χ0n) is 10.1. The third-order valence-electron chi connectivity index (χ3n) is 3.39. The molecule has 1 aromatic heterocycles. The fraction of sp³-hybridized carbons (Fsp3) is 0.636. The van der Waals surface area contributed by atoms with Crippen molar-refractivity contribution in [1.82, 2.24) is 9.55 Å². The fourth-order valence-electron chi connectivity index (χ4n) is 2.35. The van der Waals surface area contributed by atoms with Gasteiger partial charge in [0.1, 0.15) is 23.4 Å². The van der Waals surface area contributed by atoms with Gasteiger partial charge in [-0.05, 0) is 0 Å². The van der Waals surface area contributed by atoms with Gasteiger partial charge in [0.15, 0.2) is 6.23 Å². The molecule has 0 spiro atoms. The molecule has 3 rings (SSSR count). The Morgan fingerprint density at radius 2 is 2.42 bits per heavy atom. The van der Waals surface area contributed by atoms with Crippen LogP contribution in [0.3, 0.4) is 0 Å². The SMILES string of the molecule is OC[C@H]1O[C@@H](n2cnc3c2NC=NCC3)C(Cl)[C@H]1O. The van der Waals surface area contributed by atoms with Gasteiger partial charge >= 0.3 is 0 Å². The monoisotopic (exact) mass is 286 g/mol. The highest BCUT2D eigenvalue weighted by atomic mass is 35.5. The van der Waals surface area contributed by atoms with E-state index < -0.39 is 23.8 Å². The molecule has 7 nitrogen and oxygen atoms in total. The summed E-state index contributed by atoms with van der Waals surface area (Å²) in [5.41, 5.74) is 0.881. The lowest BCUT2D eigenvalue weighted by molar-refractivity contribution is -0.0435. The number of aliphatic hydroxyl groups is 2. The van der Waals surface area contributed by atoms with Crippen LogP contribution in [0, 0.1) is 0 Å². The van der Waals surface area contributed by atoms with Gasteiger partial charge in [0.25, 0.3) is 0 Å². The molecule has 8 heteroatoms. The number of hydrogen-bond acceptors (Lipinski definition) is 6. The van der Waals surface area contributed by atoms with Crippen LogP contribution in [0.4, 0.5) is 5.82 Å². The van der Waals surface area contributed by atoms with E-state index in [0.717, 1.165) is 17.9 Å². The standard InChI is InChI=1S/C11H15ClN4O3/c12-8-9(18)7(3-17)19-11(8)16-5-15-6-1-2-13-4-14-10(6)16/h4-5,7-9,11,17-18H,1-3H2,(H,13,14)/t7-,8?,9+,11-/m1/s1. The van der Waals surface area contributed by atoms with Gasteiger partial charge < -0.3 is 20.3 Å². The zero-order valence-corrected chi connectivity index (χ0v) is 10.9. The van der Waals surface area contributed by atoms with E-state index >= 15 is 0 Å². The molecule has 104 valence electrons. The summed E-state index contributed by atoms with van der Waals surface area (Å²) in [6.07, 6.45) is 1.83. The van der Waals surface area contributed by atoms with Crippen LogP contribution in [0.15, 0.2) is 11.3 Å². The maximum absolute atomic E-state index is 9.89. The summed E-state index contributed by atoms with van der Waals surface area (Å²) in [5, 5.41) is 21.4. The molecular weight excluding hydrogens is 272 g/mol. The second kappa shape index (κ2) is 5.09. The van der Waals surface area contributed by atoms with Crippen molar-refractivity contribution in [3.63, 3.8) is 0 Å². The van der Waals surface area contributed by atoms with Gasteiger partial charge in [-0.15, -0.1) is 11.6 Å². The van der Waals surface area contributed by atoms with E-state index in [9.17, 15) is 5.11 Å². The van der Waals surface area contributed by atoms with Crippen LogP contribution in [0.25, 0.3) is 0 Å². The number of fused-ring (bicyclic) bond motifs is 1. The summed E-state index contributed by atoms with van der Waals surface area (Å²) in [5.74, 6) is 0.766. The number of aromatic nitrogens is 2. The Labute approximate surface area is 114 Å². The van der Waals surface area contributed by atoms with Crippen LogP contribution >= 0.6 is 11.6 Å². The summed E-state index contributed by atoms with van der Waals surface area (Å²) in [6.45, 7) is 0.404. The number of aliphatic hydroxyl groups excluding tert-OH is 2. The van der Waals surface area contributed by atoms with Gasteiger partial charge in [-0.3, -0.25) is 9.56 Å². The number of halogens is 1. The van der Waals surface area contributed by atoms with Crippen molar-refractivity contribution in [3.8, 4) is 0 Å². The third-order valence-corrected chi connectivity index (χ3v) is 3.86. The first-order chi connectivity index (χ1) is 9.22. The van der Waals surface area contributed by atoms with Gasteiger partial charge in [-0.2, -0.15) is 0 Å². The Morgan fingerprint density at radius 1 is 1.58 bits per heavy atom. The van der Waals surface area contributed by atoms with Crippen molar-refractivity contribution in [2.45, 2.75) is 30.2 Å². The van der Waals surface area contributed by atoms with Crippen LogP contribution in [0.2, 0.25) is 0 Å². The molecule has 0 amide bonds. The average Bonchev–Trinajstić information content (AvgIpc) is 2.83. The molecule has 0 bridgehead atoms. The Bertz CT molecular complexity index is 492. The van der Waals surface area contributed by atoms with Crippen molar-refractivity contribution in [2.24, 2.45) is 4.99 Å². The third kappa shape index (κ3) is 2.12. The van der Waals surface area contributed by atoms with Crippen LogP contribution < -0.4 is 5.32 Å². The van der Waals surface area contributed by atoms with Gasteiger partial charge in [-0.1, -0.05) is 0 Å². The summed E-state index contributed by atoms with van der Waals surface area (Å²) < 4.78 is 7.33. The topological polar surface area (TPSA) is 91.9 Å². The largest absolute Gasteiger partial charge is 0.394 e. The fourth-order valence-corrected chi connectivity index (χ4v) is 2.70. The quantitative estimate of drug-likeness (QED) is 0.652. The molecule has 0 aliphatic carbocycles. The van der Waals surface area contributed by atoms with Gasteiger partial charge in [0.2, 0.25) is 0 Å². The number of nitrogens with one attached hydrogen (secondary N) is 1. The van der Waals surface area contributed by atoms with Crippen LogP contribution in [0.5, 0.6) is 0 Å². The van der Waals surface area contributed by atoms with Gasteiger partial charge in [0, 0.05) is 13.0 Å². The first-order valence-electron chi connectivity index (χ1n) is 6.11. The molecule has 2 aliphatic rings. The predicted molar refractivity (Wildman–Crippen MR) is 69.6 cm³/mol. The number of hydrogen-bond donors (Lipinski definition) is 3. The smallest absolute Gasteiger partial charge is 0.156 e. The minimum Gasteiger partial charge on any atom is -0.394 e. The Hall–Kier alpha value is -1.15. The molecule has 0 radical (unpaired) electrons. The first-order valence-corrected chi connectivity index (χ1v) is 6.55. The van der Waals surface area contributed by atoms with E-state index in [2.05, 4.69) is 15.3 Å². The molecular formula is C11H15ClN4O3. The predicted octanol–water partition coefficient (Wildman–Crippen LogP) is -0.263. The zero-order chi connectivity index (χ0) is 13.4. The number of imidazole rings is 1. The second-order valence-electron chi connectivity index (χ2n) is 4.56. The molecule has 3 heterocycles. The lowest BCUT2D eigenvalue weighted by Gasteiger charge is -2.18. The first kappa shape index (κ1) is 12.9. The number of alkyl halides is 1. The van der Waals surface area contributed by atoms with E-state index in [1.807, 2.05) is 0 Å². The van der Waals surface area contributed by atoms with Crippen LogP contribution in [0.1, 0.15) is 11.9 Å². The Kier molecular flexibility index (Phi) is 3.44. The average molecular weight is 287 g/mol. The molecule has 0 saturated carbocycles. The second-order valence-corrected chi connectivity index (χ2v) is 5.06. The van der Waals surface area contributed by atoms with E-state index in [0.29, 0.717) is 6.54 Å². The number of nitrogens with zero attached hydrogens (tertiary/aromatic N) is 3. The molecule has 1 saturated heterocycles. The van der Waals surface area contributed by atoms with Crippen molar-refractivity contribution in [2.75, 3.05) is 18.5 Å². The maximum atomic E-state index is 9.89. The van der Waals surface area contributed by atoms with E-state index in [1.54, 1.807) is 17.2 Å². The number of rotatable bonds is 2. The highest BCUT2D eigenvalue weighted by Crippen LogP contribution is 2.36. The normalized spacial score (nSPS) is 33.8. The highest BCUT2D eigenvalue weighted by Gasteiger charge is 2.44. The van der Waals surface area contributed by atoms with Crippen LogP contribution in [-0.4, -0.2) is 56.8 Å². The van der Waals surface area contributed by atoms with Crippen molar-refractivity contribution < 1.29 is 14.9 Å². The molecule has 1 unspecified atom stereocenters. The van der Waals surface area contributed by atoms with E-state index in [1.165, 1.54) is 0 Å². The summed E-state index contributed by atoms with van der Waals surface area (Å²) in [7, 11) is 0. The lowest BCUT2D eigenvalue weighted by Crippen LogP contribution is -2.30. The molecule has 1 fully saturated rings. The minimum atomic E-state index is -0.908. The number of ether oxygens (including phenoxy) is 1. The lowest BCUT2D eigenvalue weighted by atomic mass is 10.2. The van der Waals surface area contributed by atoms with Gasteiger partial charge in [-0.25, -0.2) is 4.98 Å². The van der Waals surface area contributed by atoms with Crippen LogP contribution in [-0.2, 0) is 11.2 Å². The summed E-state index contributed by atoms with van der Waals surface area (Å²) in [4.78, 5) is 8.45. The van der Waals surface area contributed by atoms with E-state index in [-0.39, 0.29) is 6.61 Å². The summed E-state index contributed by atoms with van der Waals surface area (Å²) in [6, 6.07) is 0. The number of aliphatic imine (C=N–C) groups is 1.